The van der Waals surface area contributed by atoms with Gasteiger partial charge in [-0.3, -0.25) is 19.3 Å². The van der Waals surface area contributed by atoms with Gasteiger partial charge >= 0.3 is 12.1 Å². The van der Waals surface area contributed by atoms with Gasteiger partial charge in [0.05, 0.1) is 33.8 Å². The topological polar surface area (TPSA) is 168 Å². The van der Waals surface area contributed by atoms with E-state index >= 15 is 0 Å². The number of fused-ring (bicyclic) bond motifs is 1. The number of primary amides is 1. The third-order valence-corrected chi connectivity index (χ3v) is 11.2. The number of hydrogen-bond donors (Lipinski definition) is 1. The summed E-state index contributed by atoms with van der Waals surface area (Å²) in [5.41, 5.74) is 8.51. The first-order valence-corrected chi connectivity index (χ1v) is 21.2. The van der Waals surface area contributed by atoms with Gasteiger partial charge in [0.1, 0.15) is 42.0 Å². The normalized spacial score (nSPS) is 14.9. The minimum atomic E-state index is -0.832. The highest BCUT2D eigenvalue weighted by atomic mass is 28.2. The number of hydrogen-bond acceptors (Lipinski definition) is 11. The van der Waals surface area contributed by atoms with Crippen LogP contribution in [0.2, 0.25) is 6.04 Å². The van der Waals surface area contributed by atoms with Crippen molar-refractivity contribution in [2.24, 2.45) is 5.73 Å². The van der Waals surface area contributed by atoms with Crippen LogP contribution in [0.5, 0.6) is 11.5 Å². The minimum Gasteiger partial charge on any atom is -0.490 e. The maximum atomic E-state index is 13.4. The van der Waals surface area contributed by atoms with Gasteiger partial charge in [-0.1, -0.05) is 30.3 Å². The van der Waals surface area contributed by atoms with E-state index in [0.29, 0.717) is 47.4 Å². The lowest BCUT2D eigenvalue weighted by Crippen LogP contribution is -2.48. The maximum Gasteiger partial charge on any atom is 0.410 e. The predicted octanol–water partition coefficient (Wildman–Crippen LogP) is 5.33. The molecule has 1 fully saturated rings. The molecule has 14 nitrogen and oxygen atoms in total. The molecule has 2 aliphatic rings. The van der Waals surface area contributed by atoms with Crippen molar-refractivity contribution in [2.75, 3.05) is 51.3 Å². The molecular weight excluding hydrogens is 769 g/mol. The Morgan fingerprint density at radius 2 is 1.58 bits per heavy atom. The average molecular weight is 825 g/mol. The highest BCUT2D eigenvalue weighted by molar-refractivity contribution is 6.45. The van der Waals surface area contributed by atoms with E-state index in [2.05, 4.69) is 28.0 Å². The van der Waals surface area contributed by atoms with Crippen LogP contribution in [-0.2, 0) is 38.8 Å². The van der Waals surface area contributed by atoms with Gasteiger partial charge in [0.15, 0.2) is 0 Å². The molecule has 3 amide bonds. The second-order valence-electron chi connectivity index (χ2n) is 16.7. The highest BCUT2D eigenvalue weighted by Crippen LogP contribution is 2.33. The van der Waals surface area contributed by atoms with Crippen molar-refractivity contribution < 1.29 is 38.1 Å². The third kappa shape index (κ3) is 12.7. The lowest BCUT2D eigenvalue weighted by atomic mass is 10.1. The van der Waals surface area contributed by atoms with E-state index < -0.39 is 28.9 Å². The summed E-state index contributed by atoms with van der Waals surface area (Å²) in [7, 11) is 1.61. The molecule has 2 aliphatic heterocycles. The molecule has 2 radical (unpaired) electrons. The van der Waals surface area contributed by atoms with E-state index in [1.54, 1.807) is 46.0 Å². The van der Waals surface area contributed by atoms with E-state index in [9.17, 15) is 24.4 Å². The Bertz CT molecular complexity index is 2010. The number of carbonyl (C=O) groups is 4. The van der Waals surface area contributed by atoms with Gasteiger partial charge in [0, 0.05) is 69.1 Å². The fourth-order valence-electron chi connectivity index (χ4n) is 6.71. The number of anilines is 1. The molecule has 59 heavy (non-hydrogen) atoms. The van der Waals surface area contributed by atoms with Gasteiger partial charge in [0.2, 0.25) is 5.91 Å². The molecule has 314 valence electrons. The molecule has 0 aliphatic carbocycles. The average Bonchev–Trinajstić information content (AvgIpc) is 3.50. The summed E-state index contributed by atoms with van der Waals surface area (Å²) in [5, 5.41) is 9.68. The van der Waals surface area contributed by atoms with Gasteiger partial charge < -0.3 is 39.4 Å². The molecule has 0 saturated carbocycles. The van der Waals surface area contributed by atoms with Crippen molar-refractivity contribution in [3.05, 3.63) is 88.5 Å². The molecule has 5 rings (SSSR count). The lowest BCUT2D eigenvalue weighted by Gasteiger charge is -2.36. The number of nitrogens with two attached hydrogens (primary N) is 1. The molecule has 3 aromatic rings. The monoisotopic (exact) mass is 824 g/mol. The van der Waals surface area contributed by atoms with Crippen molar-refractivity contribution in [3.63, 3.8) is 0 Å². The second-order valence-corrected chi connectivity index (χ2v) is 18.2. The summed E-state index contributed by atoms with van der Waals surface area (Å²) in [6, 6.07) is 21.8. The van der Waals surface area contributed by atoms with Crippen LogP contribution in [0.4, 0.5) is 10.5 Å². The van der Waals surface area contributed by atoms with Crippen LogP contribution in [0, 0.1) is 11.3 Å². The van der Waals surface area contributed by atoms with Crippen molar-refractivity contribution in [2.45, 2.75) is 90.6 Å². The van der Waals surface area contributed by atoms with Gasteiger partial charge in [-0.15, -0.1) is 0 Å². The van der Waals surface area contributed by atoms with Crippen LogP contribution in [0.1, 0.15) is 80.6 Å². The molecule has 0 spiro atoms. The Morgan fingerprint density at radius 3 is 2.22 bits per heavy atom. The first-order valence-electron chi connectivity index (χ1n) is 19.9. The van der Waals surface area contributed by atoms with Crippen LogP contribution in [0.15, 0.2) is 60.7 Å². The van der Waals surface area contributed by atoms with Crippen molar-refractivity contribution in [3.8, 4) is 17.6 Å². The number of carbonyl (C=O) groups excluding carboxylic acids is 4. The van der Waals surface area contributed by atoms with Crippen LogP contribution < -0.4 is 20.1 Å². The largest absolute Gasteiger partial charge is 0.490 e. The van der Waals surface area contributed by atoms with Crippen LogP contribution in [0.3, 0.4) is 0 Å². The predicted molar refractivity (Wildman–Crippen MR) is 224 cm³/mol. The van der Waals surface area contributed by atoms with E-state index in [0.717, 1.165) is 44.0 Å². The number of nitriles is 1. The summed E-state index contributed by atoms with van der Waals surface area (Å²) in [6.45, 7) is 16.0. The van der Waals surface area contributed by atoms with Crippen LogP contribution in [-0.4, -0.2) is 111 Å². The summed E-state index contributed by atoms with van der Waals surface area (Å²) >= 11 is 0. The zero-order chi connectivity index (χ0) is 42.9. The number of piperazine rings is 1. The fourth-order valence-corrected chi connectivity index (χ4v) is 7.96. The van der Waals surface area contributed by atoms with E-state index in [-0.39, 0.29) is 41.0 Å². The van der Waals surface area contributed by atoms with E-state index in [4.69, 9.17) is 24.7 Å². The molecule has 0 aromatic heterocycles. The standard InChI is InChI=1S/C44H56N6O8Si/c1-43(2,3)57-38(51)17-24-59-41(39(46)52)50-28-35-34(40(50)53)9-8-10-36(35)56-29-31-13-11-30(12-14-31)27-48-18-20-49(21-19-48)33-16-15-32(26-45)37(25-33)55-23-22-47(7)42(54)58-44(4,5)6/h8-16,25,41H,17-24,27-29H2,1-7H3,(H2,46,52). The number of ether oxygens (including phenoxy) is 4. The Labute approximate surface area is 349 Å². The quantitative estimate of drug-likeness (QED) is 0.147. The number of likely N-dealkylation sites (N-methyl/N-ethyl adjacent to an activating group) is 1. The molecular formula is C44H56N6O8Si. The van der Waals surface area contributed by atoms with Gasteiger partial charge in [-0.25, -0.2) is 4.79 Å². The number of amides is 3. The van der Waals surface area contributed by atoms with Gasteiger partial charge in [0.25, 0.3) is 5.91 Å². The smallest absolute Gasteiger partial charge is 0.410 e. The fraction of sp³-hybridized carbons (Fsp3) is 0.477. The Kier molecular flexibility index (Phi) is 14.7. The summed E-state index contributed by atoms with van der Waals surface area (Å²) in [4.78, 5) is 58.1. The molecule has 3 aromatic carbocycles. The van der Waals surface area contributed by atoms with E-state index in [1.165, 1.54) is 15.4 Å². The summed E-state index contributed by atoms with van der Waals surface area (Å²) in [6.07, 6.45) is -0.293. The molecule has 0 bridgehead atoms. The maximum absolute atomic E-state index is 13.4. The lowest BCUT2D eigenvalue weighted by molar-refractivity contribution is -0.154. The molecule has 2 heterocycles. The zero-order valence-electron chi connectivity index (χ0n) is 35.2. The number of benzene rings is 3. The molecule has 2 N–H and O–H groups in total. The van der Waals surface area contributed by atoms with Crippen molar-refractivity contribution in [1.29, 1.82) is 5.26 Å². The molecule has 15 heteroatoms. The Hall–Kier alpha value is -5.59. The van der Waals surface area contributed by atoms with E-state index in [1.807, 2.05) is 51.1 Å². The third-order valence-electron chi connectivity index (χ3n) is 9.66. The van der Waals surface area contributed by atoms with Gasteiger partial charge in [-0.2, -0.15) is 5.26 Å². The van der Waals surface area contributed by atoms with Gasteiger partial charge in [-0.05, 0) is 83.0 Å². The highest BCUT2D eigenvalue weighted by Gasteiger charge is 2.37. The van der Waals surface area contributed by atoms with Crippen LogP contribution >= 0.6 is 0 Å². The zero-order valence-corrected chi connectivity index (χ0v) is 36.2. The second kappa shape index (κ2) is 19.4. The summed E-state index contributed by atoms with van der Waals surface area (Å²) in [5.74, 6) is -0.178. The number of esters is 1. The first kappa shape index (κ1) is 44.5. The Balaban J connectivity index is 1.09. The van der Waals surface area contributed by atoms with Crippen molar-refractivity contribution in [1.82, 2.24) is 14.7 Å². The number of rotatable bonds is 16. The Morgan fingerprint density at radius 1 is 0.898 bits per heavy atom. The first-order chi connectivity index (χ1) is 27.9. The van der Waals surface area contributed by atoms with Crippen molar-refractivity contribution >= 4 is 39.1 Å². The molecule has 1 atom stereocenters. The SMILES string of the molecule is CN(CCOc1cc(N2CCN(Cc3ccc(COc4cccc5c4CN(C([Si]CCC(=O)OC(C)(C)C)C(N)=O)C5=O)cc3)CC2)ccc1C#N)C(=O)OC(C)(C)C. The summed E-state index contributed by atoms with van der Waals surface area (Å²) < 4.78 is 23.0. The minimum absolute atomic E-state index is 0.0500. The van der Waals surface area contributed by atoms with Crippen LogP contribution in [0.25, 0.3) is 0 Å². The number of nitrogens with zero attached hydrogens (tertiary/aromatic N) is 5. The molecule has 1 saturated heterocycles. The molecule has 1 unspecified atom stereocenters.